The number of nitrogens with one attached hydrogen (secondary N) is 1. The number of halogens is 2. The molecule has 4 rings (SSSR count). The molecule has 3 aromatic rings. The number of hydrogen-bond acceptors (Lipinski definition) is 5. The Labute approximate surface area is 172 Å². The minimum Gasteiger partial charge on any atom is -0.352 e. The van der Waals surface area contributed by atoms with Gasteiger partial charge in [-0.05, 0) is 42.5 Å². The van der Waals surface area contributed by atoms with Crippen molar-refractivity contribution in [3.05, 3.63) is 65.7 Å². The van der Waals surface area contributed by atoms with Gasteiger partial charge in [0, 0.05) is 49.8 Å². The lowest BCUT2D eigenvalue weighted by molar-refractivity contribution is 0.208. The first-order valence-electron chi connectivity index (χ1n) is 9.10. The zero-order valence-corrected chi connectivity index (χ0v) is 16.2. The van der Waals surface area contributed by atoms with Crippen LogP contribution in [0.2, 0.25) is 5.02 Å². The molecule has 3 heterocycles. The van der Waals surface area contributed by atoms with Gasteiger partial charge in [-0.2, -0.15) is 0 Å². The van der Waals surface area contributed by atoms with Gasteiger partial charge in [-0.1, -0.05) is 11.6 Å². The van der Waals surface area contributed by atoms with Gasteiger partial charge in [0.25, 0.3) is 0 Å². The highest BCUT2D eigenvalue weighted by Crippen LogP contribution is 2.21. The maximum atomic E-state index is 13.2. The van der Waals surface area contributed by atoms with Gasteiger partial charge in [0.2, 0.25) is 0 Å². The van der Waals surface area contributed by atoms with Crippen LogP contribution >= 0.6 is 11.6 Å². The summed E-state index contributed by atoms with van der Waals surface area (Å²) in [7, 11) is 0. The largest absolute Gasteiger partial charge is 0.352 e. The number of anilines is 2. The summed E-state index contributed by atoms with van der Waals surface area (Å²) in [6.07, 6.45) is 3.43. The molecule has 0 bridgehead atoms. The van der Waals surface area contributed by atoms with Gasteiger partial charge in [0.15, 0.2) is 5.82 Å². The second-order valence-electron chi connectivity index (χ2n) is 6.55. The van der Waals surface area contributed by atoms with Gasteiger partial charge < -0.3 is 15.1 Å². The SMILES string of the molecule is O=C(Nc1ccc(F)c(Cl)c1)N1CCN(c2ccc(-c3ccncc3)nn2)CC1. The molecule has 7 nitrogen and oxygen atoms in total. The van der Waals surface area contributed by atoms with Crippen molar-refractivity contribution in [1.82, 2.24) is 20.1 Å². The Morgan fingerprint density at radius 2 is 1.76 bits per heavy atom. The van der Waals surface area contributed by atoms with E-state index < -0.39 is 5.82 Å². The highest BCUT2D eigenvalue weighted by molar-refractivity contribution is 6.31. The third kappa shape index (κ3) is 4.43. The molecule has 0 aliphatic carbocycles. The molecule has 0 unspecified atom stereocenters. The number of aromatic nitrogens is 3. The molecule has 148 valence electrons. The molecule has 0 radical (unpaired) electrons. The zero-order chi connectivity index (χ0) is 20.2. The fourth-order valence-corrected chi connectivity index (χ4v) is 3.27. The molecule has 2 aromatic heterocycles. The minimum absolute atomic E-state index is 0.0265. The maximum absolute atomic E-state index is 13.2. The Balaban J connectivity index is 1.34. The van der Waals surface area contributed by atoms with Crippen molar-refractivity contribution in [1.29, 1.82) is 0 Å². The second-order valence-corrected chi connectivity index (χ2v) is 6.95. The number of nitrogens with zero attached hydrogens (tertiary/aromatic N) is 5. The second kappa shape index (κ2) is 8.40. The number of pyridine rings is 1. The molecular weight excluding hydrogens is 395 g/mol. The summed E-state index contributed by atoms with van der Waals surface area (Å²) >= 11 is 5.76. The summed E-state index contributed by atoms with van der Waals surface area (Å²) in [5.41, 5.74) is 2.20. The fourth-order valence-electron chi connectivity index (χ4n) is 3.09. The smallest absolute Gasteiger partial charge is 0.321 e. The van der Waals surface area contributed by atoms with E-state index >= 15 is 0 Å². The standard InChI is InChI=1S/C20H18ClFN6O/c21-16-13-15(1-2-17(16)22)24-20(29)28-11-9-27(10-12-28)19-4-3-18(25-26-19)14-5-7-23-8-6-14/h1-8,13H,9-12H2,(H,24,29). The normalized spacial score (nSPS) is 14.0. The Hall–Kier alpha value is -3.26. The molecule has 1 fully saturated rings. The van der Waals surface area contributed by atoms with E-state index in [-0.39, 0.29) is 11.1 Å². The molecule has 1 aliphatic heterocycles. The molecule has 1 aromatic carbocycles. The number of rotatable bonds is 3. The van der Waals surface area contributed by atoms with Gasteiger partial charge in [-0.15, -0.1) is 10.2 Å². The summed E-state index contributed by atoms with van der Waals surface area (Å²) in [4.78, 5) is 20.2. The van der Waals surface area contributed by atoms with Crippen LogP contribution in [0.25, 0.3) is 11.3 Å². The van der Waals surface area contributed by atoms with E-state index in [1.54, 1.807) is 17.3 Å². The summed E-state index contributed by atoms with van der Waals surface area (Å²) in [6, 6.07) is 11.5. The fraction of sp³-hybridized carbons (Fsp3) is 0.200. The van der Waals surface area contributed by atoms with Crippen molar-refractivity contribution in [2.45, 2.75) is 0 Å². The number of carbonyl (C=O) groups excluding carboxylic acids is 1. The first kappa shape index (κ1) is 19.1. The van der Waals surface area contributed by atoms with E-state index in [9.17, 15) is 9.18 Å². The van der Waals surface area contributed by atoms with Gasteiger partial charge in [0.1, 0.15) is 5.82 Å². The average Bonchev–Trinajstić information content (AvgIpc) is 2.77. The van der Waals surface area contributed by atoms with Crippen LogP contribution in [0.3, 0.4) is 0 Å². The van der Waals surface area contributed by atoms with E-state index in [1.807, 2.05) is 24.3 Å². The number of carbonyl (C=O) groups is 1. The molecule has 29 heavy (non-hydrogen) atoms. The Morgan fingerprint density at radius 1 is 1.00 bits per heavy atom. The number of hydrogen-bond donors (Lipinski definition) is 1. The molecule has 0 saturated carbocycles. The molecule has 9 heteroatoms. The van der Waals surface area contributed by atoms with Crippen LogP contribution in [0.4, 0.5) is 20.7 Å². The molecule has 1 saturated heterocycles. The van der Waals surface area contributed by atoms with Crippen LogP contribution in [0.1, 0.15) is 0 Å². The number of amides is 2. The van der Waals surface area contributed by atoms with Crippen LogP contribution < -0.4 is 10.2 Å². The molecule has 1 N–H and O–H groups in total. The van der Waals surface area contributed by atoms with Gasteiger partial charge in [-0.25, -0.2) is 9.18 Å². The lowest BCUT2D eigenvalue weighted by Gasteiger charge is -2.35. The summed E-state index contributed by atoms with van der Waals surface area (Å²) < 4.78 is 13.2. The van der Waals surface area contributed by atoms with E-state index in [4.69, 9.17) is 11.6 Å². The van der Waals surface area contributed by atoms with E-state index in [0.29, 0.717) is 31.9 Å². The van der Waals surface area contributed by atoms with Crippen LogP contribution in [-0.2, 0) is 0 Å². The third-order valence-corrected chi connectivity index (χ3v) is 4.98. The number of urea groups is 1. The van der Waals surface area contributed by atoms with Gasteiger partial charge >= 0.3 is 6.03 Å². The molecule has 1 aliphatic rings. The monoisotopic (exact) mass is 412 g/mol. The third-order valence-electron chi connectivity index (χ3n) is 4.69. The highest BCUT2D eigenvalue weighted by Gasteiger charge is 2.22. The quantitative estimate of drug-likeness (QED) is 0.710. The van der Waals surface area contributed by atoms with Gasteiger partial charge in [0.05, 0.1) is 10.7 Å². The Bertz CT molecular complexity index is 994. The lowest BCUT2D eigenvalue weighted by atomic mass is 10.2. The zero-order valence-electron chi connectivity index (χ0n) is 15.4. The average molecular weight is 413 g/mol. The van der Waals surface area contributed by atoms with Crippen LogP contribution in [0, 0.1) is 5.82 Å². The Kier molecular flexibility index (Phi) is 5.53. The summed E-state index contributed by atoms with van der Waals surface area (Å²) in [6.45, 7) is 2.35. The first-order chi connectivity index (χ1) is 14.1. The van der Waals surface area contributed by atoms with Crippen LogP contribution in [0.15, 0.2) is 54.9 Å². The minimum atomic E-state index is -0.519. The van der Waals surface area contributed by atoms with Crippen molar-refractivity contribution >= 4 is 29.1 Å². The van der Waals surface area contributed by atoms with E-state index in [1.165, 1.54) is 18.2 Å². The predicted molar refractivity (Wildman–Crippen MR) is 109 cm³/mol. The first-order valence-corrected chi connectivity index (χ1v) is 9.48. The number of piperazine rings is 1. The maximum Gasteiger partial charge on any atom is 0.321 e. The molecular formula is C20H18ClFN6O. The molecule has 0 spiro atoms. The van der Waals surface area contributed by atoms with Gasteiger partial charge in [-0.3, -0.25) is 4.98 Å². The highest BCUT2D eigenvalue weighted by atomic mass is 35.5. The summed E-state index contributed by atoms with van der Waals surface area (Å²) in [5.74, 6) is 0.252. The van der Waals surface area contributed by atoms with Crippen molar-refractivity contribution < 1.29 is 9.18 Å². The number of benzene rings is 1. The lowest BCUT2D eigenvalue weighted by Crippen LogP contribution is -2.50. The molecule has 2 amide bonds. The van der Waals surface area contributed by atoms with E-state index in [2.05, 4.69) is 25.4 Å². The molecule has 0 atom stereocenters. The Morgan fingerprint density at radius 3 is 2.41 bits per heavy atom. The van der Waals surface area contributed by atoms with Crippen LogP contribution in [-0.4, -0.2) is 52.3 Å². The van der Waals surface area contributed by atoms with Crippen LogP contribution in [0.5, 0.6) is 0 Å². The summed E-state index contributed by atoms with van der Waals surface area (Å²) in [5, 5.41) is 11.3. The van der Waals surface area contributed by atoms with Crippen molar-refractivity contribution in [2.75, 3.05) is 36.4 Å². The van der Waals surface area contributed by atoms with E-state index in [0.717, 1.165) is 17.1 Å². The topological polar surface area (TPSA) is 74.2 Å². The van der Waals surface area contributed by atoms with Crippen molar-refractivity contribution in [2.24, 2.45) is 0 Å². The predicted octanol–water partition coefficient (Wildman–Crippen LogP) is 3.69. The van der Waals surface area contributed by atoms with Crippen molar-refractivity contribution in [3.8, 4) is 11.3 Å². The van der Waals surface area contributed by atoms with Crippen molar-refractivity contribution in [3.63, 3.8) is 0 Å².